The predicted molar refractivity (Wildman–Crippen MR) is 80.5 cm³/mol. The highest BCUT2D eigenvalue weighted by molar-refractivity contribution is 6.13. The molecule has 1 aliphatic rings. The highest BCUT2D eigenvalue weighted by atomic mass is 19.1. The quantitative estimate of drug-likeness (QED) is 0.471. The summed E-state index contributed by atoms with van der Waals surface area (Å²) >= 11 is 0. The SMILES string of the molecule is CCCCCCCCN1C(=O)NC(=O)C(F)(C(=O)O)C1OCC. The lowest BCUT2D eigenvalue weighted by molar-refractivity contribution is -0.187. The molecule has 0 aromatic rings. The van der Waals surface area contributed by atoms with Crippen LogP contribution in [-0.4, -0.2) is 53.0 Å². The van der Waals surface area contributed by atoms with Crippen molar-refractivity contribution >= 4 is 17.9 Å². The largest absolute Gasteiger partial charge is 0.478 e. The van der Waals surface area contributed by atoms with E-state index in [4.69, 9.17) is 9.84 Å². The number of urea groups is 1. The number of carbonyl (C=O) groups excluding carboxylic acids is 2. The summed E-state index contributed by atoms with van der Waals surface area (Å²) in [4.78, 5) is 35.7. The number of amides is 3. The molecule has 1 saturated heterocycles. The maximum Gasteiger partial charge on any atom is 0.356 e. The number of ether oxygens (including phenoxy) is 1. The first-order chi connectivity index (χ1) is 10.9. The van der Waals surface area contributed by atoms with Gasteiger partial charge in [0.05, 0.1) is 0 Å². The fraction of sp³-hybridized carbons (Fsp3) is 0.800. The molecule has 0 bridgehead atoms. The Bertz CT molecular complexity index is 446. The van der Waals surface area contributed by atoms with E-state index in [9.17, 15) is 18.8 Å². The van der Waals surface area contributed by atoms with Crippen molar-refractivity contribution in [3.63, 3.8) is 0 Å². The van der Waals surface area contributed by atoms with Crippen molar-refractivity contribution in [3.8, 4) is 0 Å². The minimum absolute atomic E-state index is 0.0167. The maximum absolute atomic E-state index is 14.7. The number of carboxylic acid groups (broad SMARTS) is 1. The molecule has 2 unspecified atom stereocenters. The Morgan fingerprint density at radius 1 is 1.26 bits per heavy atom. The van der Waals surface area contributed by atoms with Crippen LogP contribution in [0, 0.1) is 0 Å². The van der Waals surface area contributed by atoms with Crippen molar-refractivity contribution in [2.24, 2.45) is 0 Å². The minimum atomic E-state index is -3.30. The van der Waals surface area contributed by atoms with Gasteiger partial charge in [-0.1, -0.05) is 39.0 Å². The first-order valence-corrected chi connectivity index (χ1v) is 8.05. The predicted octanol–water partition coefficient (Wildman–Crippen LogP) is 2.05. The molecule has 7 nitrogen and oxygen atoms in total. The molecule has 8 heteroatoms. The average molecular weight is 332 g/mol. The van der Waals surface area contributed by atoms with Crippen molar-refractivity contribution in [2.45, 2.75) is 64.3 Å². The Morgan fingerprint density at radius 2 is 1.87 bits per heavy atom. The molecular formula is C15H25FN2O5. The number of carbonyl (C=O) groups is 3. The van der Waals surface area contributed by atoms with Crippen LogP contribution in [0.5, 0.6) is 0 Å². The Kier molecular flexibility index (Phi) is 7.41. The van der Waals surface area contributed by atoms with Crippen LogP contribution in [0.1, 0.15) is 52.4 Å². The molecule has 2 N–H and O–H groups in total. The van der Waals surface area contributed by atoms with Gasteiger partial charge in [0.1, 0.15) is 0 Å². The van der Waals surface area contributed by atoms with Gasteiger partial charge in [-0.2, -0.15) is 0 Å². The highest BCUT2D eigenvalue weighted by Gasteiger charge is 2.61. The van der Waals surface area contributed by atoms with Gasteiger partial charge < -0.3 is 9.84 Å². The number of nitrogens with zero attached hydrogens (tertiary/aromatic N) is 1. The molecule has 3 amide bonds. The molecule has 0 saturated carbocycles. The molecular weight excluding hydrogens is 307 g/mol. The van der Waals surface area contributed by atoms with E-state index in [1.165, 1.54) is 0 Å². The van der Waals surface area contributed by atoms with Gasteiger partial charge in [-0.15, -0.1) is 0 Å². The smallest absolute Gasteiger partial charge is 0.356 e. The molecule has 1 aliphatic heterocycles. The number of imide groups is 1. The van der Waals surface area contributed by atoms with E-state index in [1.807, 2.05) is 0 Å². The van der Waals surface area contributed by atoms with Crippen LogP contribution in [0.15, 0.2) is 0 Å². The molecule has 1 rings (SSSR count). The molecule has 0 spiro atoms. The second-order valence-corrected chi connectivity index (χ2v) is 5.55. The number of hydrogen-bond acceptors (Lipinski definition) is 4. The van der Waals surface area contributed by atoms with Crippen molar-refractivity contribution in [2.75, 3.05) is 13.2 Å². The minimum Gasteiger partial charge on any atom is -0.478 e. The third-order valence-electron chi connectivity index (χ3n) is 3.82. The standard InChI is InChI=1S/C15H25FN2O5/c1-3-5-6-7-8-9-10-18-12(23-4-2)15(16,13(20)21)11(19)17-14(18)22/h12H,3-10H2,1-2H3,(H,20,21)(H,17,19,22). The zero-order valence-electron chi connectivity index (χ0n) is 13.6. The van der Waals surface area contributed by atoms with Crippen LogP contribution in [-0.2, 0) is 14.3 Å². The van der Waals surface area contributed by atoms with Crippen molar-refractivity contribution < 1.29 is 28.6 Å². The summed E-state index contributed by atoms with van der Waals surface area (Å²) < 4.78 is 19.8. The van der Waals surface area contributed by atoms with Gasteiger partial charge in [0.15, 0.2) is 6.23 Å². The number of carboxylic acids is 1. The number of rotatable bonds is 10. The van der Waals surface area contributed by atoms with Crippen molar-refractivity contribution in [1.29, 1.82) is 0 Å². The number of hydrogen-bond donors (Lipinski definition) is 2. The normalized spacial score (nSPS) is 24.7. The number of aliphatic carboxylic acids is 1. The molecule has 0 aromatic carbocycles. The zero-order valence-corrected chi connectivity index (χ0v) is 13.6. The highest BCUT2D eigenvalue weighted by Crippen LogP contribution is 2.28. The number of halogens is 1. The molecule has 0 radical (unpaired) electrons. The average Bonchev–Trinajstić information content (AvgIpc) is 2.50. The van der Waals surface area contributed by atoms with Crippen LogP contribution in [0.4, 0.5) is 9.18 Å². The van der Waals surface area contributed by atoms with E-state index in [1.54, 1.807) is 12.2 Å². The second-order valence-electron chi connectivity index (χ2n) is 5.55. The Morgan fingerprint density at radius 3 is 2.43 bits per heavy atom. The zero-order chi connectivity index (χ0) is 17.5. The van der Waals surface area contributed by atoms with Crippen LogP contribution in [0.25, 0.3) is 0 Å². The van der Waals surface area contributed by atoms with E-state index < -0.39 is 29.8 Å². The van der Waals surface area contributed by atoms with Gasteiger partial charge in [0.2, 0.25) is 0 Å². The Balaban J connectivity index is 2.75. The summed E-state index contributed by atoms with van der Waals surface area (Å²) in [5.41, 5.74) is -3.30. The number of alkyl halides is 1. The van der Waals surface area contributed by atoms with Crippen LogP contribution >= 0.6 is 0 Å². The van der Waals surface area contributed by atoms with E-state index in [0.29, 0.717) is 6.42 Å². The molecule has 0 aliphatic carbocycles. The van der Waals surface area contributed by atoms with Gasteiger partial charge in [0.25, 0.3) is 5.91 Å². The lowest BCUT2D eigenvalue weighted by atomic mass is 9.99. The van der Waals surface area contributed by atoms with E-state index in [-0.39, 0.29) is 13.2 Å². The fourth-order valence-electron chi connectivity index (χ4n) is 2.54. The molecule has 132 valence electrons. The third kappa shape index (κ3) is 4.40. The summed E-state index contributed by atoms with van der Waals surface area (Å²) in [5.74, 6) is -3.46. The van der Waals surface area contributed by atoms with Gasteiger partial charge in [-0.05, 0) is 13.3 Å². The number of nitrogens with one attached hydrogen (secondary N) is 1. The van der Waals surface area contributed by atoms with Crippen LogP contribution in [0.2, 0.25) is 0 Å². The molecule has 1 fully saturated rings. The van der Waals surface area contributed by atoms with Crippen molar-refractivity contribution in [1.82, 2.24) is 10.2 Å². The van der Waals surface area contributed by atoms with E-state index >= 15 is 0 Å². The summed E-state index contributed by atoms with van der Waals surface area (Å²) in [7, 11) is 0. The first kappa shape index (κ1) is 19.3. The summed E-state index contributed by atoms with van der Waals surface area (Å²) in [6, 6.07) is -0.823. The topological polar surface area (TPSA) is 95.9 Å². The fourth-order valence-corrected chi connectivity index (χ4v) is 2.54. The van der Waals surface area contributed by atoms with Gasteiger partial charge >= 0.3 is 17.7 Å². The lowest BCUT2D eigenvalue weighted by Gasteiger charge is -2.40. The first-order valence-electron chi connectivity index (χ1n) is 8.05. The summed E-state index contributed by atoms with van der Waals surface area (Å²) in [6.45, 7) is 3.77. The lowest BCUT2D eigenvalue weighted by Crippen LogP contribution is -2.71. The van der Waals surface area contributed by atoms with Crippen LogP contribution < -0.4 is 5.32 Å². The number of unbranched alkanes of at least 4 members (excludes halogenated alkanes) is 5. The van der Waals surface area contributed by atoms with E-state index in [0.717, 1.165) is 37.0 Å². The summed E-state index contributed by atoms with van der Waals surface area (Å²) in [6.07, 6.45) is 3.99. The maximum atomic E-state index is 14.7. The molecule has 2 atom stereocenters. The van der Waals surface area contributed by atoms with Gasteiger partial charge in [0, 0.05) is 13.2 Å². The van der Waals surface area contributed by atoms with Crippen LogP contribution in [0.3, 0.4) is 0 Å². The third-order valence-corrected chi connectivity index (χ3v) is 3.82. The van der Waals surface area contributed by atoms with Gasteiger partial charge in [-0.3, -0.25) is 15.0 Å². The molecule has 23 heavy (non-hydrogen) atoms. The summed E-state index contributed by atoms with van der Waals surface area (Å²) in [5, 5.41) is 10.8. The van der Waals surface area contributed by atoms with Gasteiger partial charge in [-0.25, -0.2) is 14.0 Å². The molecule has 1 heterocycles. The Hall–Kier alpha value is -1.70. The molecule has 0 aromatic heterocycles. The van der Waals surface area contributed by atoms with Crippen molar-refractivity contribution in [3.05, 3.63) is 0 Å². The van der Waals surface area contributed by atoms with E-state index in [2.05, 4.69) is 6.92 Å². The Labute approximate surface area is 135 Å². The monoisotopic (exact) mass is 332 g/mol. The second kappa shape index (κ2) is 8.81.